The Kier molecular flexibility index (Phi) is 28.5. The van der Waals surface area contributed by atoms with Crippen LogP contribution in [0.25, 0.3) is 0 Å². The van der Waals surface area contributed by atoms with Gasteiger partial charge in [0.05, 0.1) is 33.8 Å². The Balaban J connectivity index is 3.48. The topological polar surface area (TPSA) is 26.3 Å². The summed E-state index contributed by atoms with van der Waals surface area (Å²) in [5, 5.41) is -0.198. The van der Waals surface area contributed by atoms with E-state index < -0.39 is 0 Å². The lowest BCUT2D eigenvalue weighted by atomic mass is 10.1. The summed E-state index contributed by atoms with van der Waals surface area (Å²) in [6.45, 7) is 9.60. The van der Waals surface area contributed by atoms with Gasteiger partial charge in [-0.25, -0.2) is 0 Å². The average Bonchev–Trinajstić information content (AvgIpc) is 2.90. The standard InChI is InChI=1S/C33H66NO2S3/c1-6-8-10-11-12-13-15-18-21-24-27-34(4,5)28-25-22-19-16-14-17-20-23-26-29-36-32(35)31(3)39-33(37)38-30-9-7-2/h31H,6-30H2,1-5H3/q+1. The van der Waals surface area contributed by atoms with Crippen LogP contribution in [0.2, 0.25) is 0 Å². The van der Waals surface area contributed by atoms with Crippen molar-refractivity contribution in [1.82, 2.24) is 0 Å². The third-order valence-electron chi connectivity index (χ3n) is 7.59. The molecule has 0 aliphatic rings. The van der Waals surface area contributed by atoms with Gasteiger partial charge in [-0.1, -0.05) is 134 Å². The van der Waals surface area contributed by atoms with E-state index in [4.69, 9.17) is 17.0 Å². The van der Waals surface area contributed by atoms with E-state index in [0.717, 1.165) is 22.1 Å². The van der Waals surface area contributed by atoms with Gasteiger partial charge in [0, 0.05) is 0 Å². The van der Waals surface area contributed by atoms with E-state index in [2.05, 4.69) is 27.9 Å². The maximum Gasteiger partial charge on any atom is 0.319 e. The first kappa shape index (κ1) is 39.2. The number of carbonyl (C=O) groups is 1. The molecule has 6 heteroatoms. The number of esters is 1. The summed E-state index contributed by atoms with van der Waals surface area (Å²) in [6, 6.07) is 0. The van der Waals surface area contributed by atoms with Crippen LogP contribution in [0.15, 0.2) is 0 Å². The molecule has 0 spiro atoms. The number of rotatable bonds is 28. The number of hydrogen-bond acceptors (Lipinski definition) is 5. The molecule has 0 bridgehead atoms. The second-order valence-corrected chi connectivity index (χ2v) is 15.8. The first-order valence-electron chi connectivity index (χ1n) is 16.6. The second kappa shape index (κ2) is 28.3. The number of quaternary nitrogens is 1. The molecule has 1 unspecified atom stereocenters. The molecular weight excluding hydrogens is 539 g/mol. The van der Waals surface area contributed by atoms with E-state index in [1.807, 2.05) is 6.92 Å². The van der Waals surface area contributed by atoms with Crippen molar-refractivity contribution in [3.05, 3.63) is 0 Å². The van der Waals surface area contributed by atoms with Crippen molar-refractivity contribution < 1.29 is 14.0 Å². The van der Waals surface area contributed by atoms with Gasteiger partial charge in [0.2, 0.25) is 0 Å². The minimum Gasteiger partial charge on any atom is -0.465 e. The zero-order valence-electron chi connectivity index (χ0n) is 26.7. The molecule has 0 fully saturated rings. The van der Waals surface area contributed by atoms with Crippen LogP contribution in [0.1, 0.15) is 156 Å². The number of hydrogen-bond donors (Lipinski definition) is 0. The number of carbonyl (C=O) groups excluding carboxylic acids is 1. The Morgan fingerprint density at radius 1 is 0.667 bits per heavy atom. The monoisotopic (exact) mass is 604 g/mol. The van der Waals surface area contributed by atoms with E-state index in [0.29, 0.717) is 6.61 Å². The lowest BCUT2D eigenvalue weighted by molar-refractivity contribution is -0.890. The van der Waals surface area contributed by atoms with Gasteiger partial charge in [-0.15, -0.1) is 11.8 Å². The molecule has 0 radical (unpaired) electrons. The van der Waals surface area contributed by atoms with Crippen molar-refractivity contribution in [2.45, 2.75) is 161 Å². The molecule has 0 aromatic carbocycles. The zero-order chi connectivity index (χ0) is 29.0. The molecule has 0 N–H and O–H groups in total. The predicted octanol–water partition coefficient (Wildman–Crippen LogP) is 11.0. The largest absolute Gasteiger partial charge is 0.465 e. The molecular formula is C33H66NO2S3+. The van der Waals surface area contributed by atoms with E-state index in [1.54, 1.807) is 11.8 Å². The predicted molar refractivity (Wildman–Crippen MR) is 183 cm³/mol. The molecule has 0 heterocycles. The molecule has 39 heavy (non-hydrogen) atoms. The van der Waals surface area contributed by atoms with Crippen molar-refractivity contribution in [2.75, 3.05) is 39.5 Å². The molecule has 3 nitrogen and oxygen atoms in total. The maximum absolute atomic E-state index is 12.2. The van der Waals surface area contributed by atoms with Crippen LogP contribution in [0, 0.1) is 0 Å². The molecule has 0 aliphatic carbocycles. The zero-order valence-corrected chi connectivity index (χ0v) is 29.2. The summed E-state index contributed by atoms with van der Waals surface area (Å²) in [5.41, 5.74) is 0. The van der Waals surface area contributed by atoms with Crippen LogP contribution in [0.4, 0.5) is 0 Å². The smallest absolute Gasteiger partial charge is 0.319 e. The fourth-order valence-electron chi connectivity index (χ4n) is 4.83. The molecule has 0 aliphatic heterocycles. The summed E-state index contributed by atoms with van der Waals surface area (Å²) in [4.78, 5) is 12.2. The molecule has 0 aromatic heterocycles. The van der Waals surface area contributed by atoms with Gasteiger partial charge < -0.3 is 9.22 Å². The van der Waals surface area contributed by atoms with Crippen LogP contribution in [0.5, 0.6) is 0 Å². The second-order valence-electron chi connectivity index (χ2n) is 12.1. The number of unbranched alkanes of at least 4 members (excludes halogenated alkanes) is 18. The SMILES string of the molecule is CCCCCCCCCCCC[N+](C)(C)CCCCCCCCCCCOC(=O)C(C)SC(=S)SCCCC. The molecule has 0 saturated carbocycles. The minimum atomic E-state index is -0.198. The van der Waals surface area contributed by atoms with Gasteiger partial charge in [-0.05, 0) is 51.2 Å². The highest BCUT2D eigenvalue weighted by Crippen LogP contribution is 2.24. The normalized spacial score (nSPS) is 12.5. The van der Waals surface area contributed by atoms with E-state index in [1.165, 1.54) is 151 Å². The lowest BCUT2D eigenvalue weighted by Crippen LogP contribution is -2.41. The Morgan fingerprint density at radius 2 is 1.08 bits per heavy atom. The summed E-state index contributed by atoms with van der Waals surface area (Å²) in [7, 11) is 4.85. The molecule has 1 atom stereocenters. The minimum absolute atomic E-state index is 0.122. The highest BCUT2D eigenvalue weighted by Gasteiger charge is 2.17. The summed E-state index contributed by atoms with van der Waals surface area (Å²) < 4.78 is 7.52. The van der Waals surface area contributed by atoms with E-state index in [-0.39, 0.29) is 11.2 Å². The lowest BCUT2D eigenvalue weighted by Gasteiger charge is -2.30. The van der Waals surface area contributed by atoms with Crippen molar-refractivity contribution in [3.63, 3.8) is 0 Å². The Bertz CT molecular complexity index is 571. The van der Waals surface area contributed by atoms with Crippen molar-refractivity contribution in [2.24, 2.45) is 0 Å². The molecule has 0 rings (SSSR count). The van der Waals surface area contributed by atoms with Gasteiger partial charge in [0.25, 0.3) is 0 Å². The average molecular weight is 605 g/mol. The van der Waals surface area contributed by atoms with Gasteiger partial charge in [0.1, 0.15) is 8.78 Å². The Labute approximate surface area is 258 Å². The fraction of sp³-hybridized carbons (Fsp3) is 0.939. The van der Waals surface area contributed by atoms with Crippen LogP contribution in [-0.4, -0.2) is 58.8 Å². The van der Waals surface area contributed by atoms with E-state index in [9.17, 15) is 4.79 Å². The maximum atomic E-state index is 12.2. The highest BCUT2D eigenvalue weighted by atomic mass is 32.2. The number of thioether (sulfide) groups is 2. The van der Waals surface area contributed by atoms with Gasteiger partial charge in [-0.2, -0.15) is 0 Å². The van der Waals surface area contributed by atoms with E-state index >= 15 is 0 Å². The third kappa shape index (κ3) is 28.1. The van der Waals surface area contributed by atoms with Crippen LogP contribution in [0.3, 0.4) is 0 Å². The number of ether oxygens (including phenoxy) is 1. The van der Waals surface area contributed by atoms with Crippen molar-refractivity contribution in [3.8, 4) is 0 Å². The first-order valence-corrected chi connectivity index (χ1v) is 18.9. The quantitative estimate of drug-likeness (QED) is 0.0383. The Morgan fingerprint density at radius 3 is 1.54 bits per heavy atom. The van der Waals surface area contributed by atoms with Gasteiger partial charge in [-0.3, -0.25) is 4.79 Å². The first-order chi connectivity index (χ1) is 18.8. The molecule has 0 amide bonds. The molecule has 232 valence electrons. The number of thiocarbonyl (C=S) groups is 1. The molecule has 0 aromatic rings. The van der Waals surface area contributed by atoms with Crippen molar-refractivity contribution >= 4 is 45.2 Å². The fourth-order valence-corrected chi connectivity index (χ4v) is 7.53. The van der Waals surface area contributed by atoms with Crippen LogP contribution >= 0.6 is 35.7 Å². The molecule has 0 saturated heterocycles. The highest BCUT2D eigenvalue weighted by molar-refractivity contribution is 8.47. The third-order valence-corrected chi connectivity index (χ3v) is 10.3. The van der Waals surface area contributed by atoms with Gasteiger partial charge >= 0.3 is 5.97 Å². The van der Waals surface area contributed by atoms with Crippen molar-refractivity contribution in [1.29, 1.82) is 0 Å². The summed E-state index contributed by atoms with van der Waals surface area (Å²) >= 11 is 8.52. The van der Waals surface area contributed by atoms with Crippen LogP contribution in [-0.2, 0) is 9.53 Å². The van der Waals surface area contributed by atoms with Crippen LogP contribution < -0.4 is 0 Å². The summed E-state index contributed by atoms with van der Waals surface area (Å²) in [5.74, 6) is 0.921. The van der Waals surface area contributed by atoms with Gasteiger partial charge in [0.15, 0.2) is 0 Å². The summed E-state index contributed by atoms with van der Waals surface area (Å²) in [6.07, 6.45) is 28.1. The Hall–Kier alpha value is 0.220. The number of nitrogens with zero attached hydrogens (tertiary/aromatic N) is 1.